The highest BCUT2D eigenvalue weighted by molar-refractivity contribution is 7.13. The molecule has 0 aliphatic carbocycles. The minimum absolute atomic E-state index is 0.166. The Hall–Kier alpha value is -1.88. The molecule has 0 spiro atoms. The molecule has 0 atom stereocenters. The number of hydrogen-bond donors (Lipinski definition) is 0. The molecule has 5 heteroatoms. The van der Waals surface area contributed by atoms with Gasteiger partial charge in [0.05, 0.1) is 16.5 Å². The molecule has 4 nitrogen and oxygen atoms in total. The second-order valence-corrected chi connectivity index (χ2v) is 5.51. The Bertz CT molecular complexity index is 599. The first kappa shape index (κ1) is 13.5. The molecular weight excluding hydrogens is 262 g/mol. The van der Waals surface area contributed by atoms with Gasteiger partial charge < -0.3 is 14.6 Å². The predicted molar refractivity (Wildman–Crippen MR) is 71.4 cm³/mol. The maximum absolute atomic E-state index is 10.8. The van der Waals surface area contributed by atoms with Gasteiger partial charge >= 0.3 is 0 Å². The van der Waals surface area contributed by atoms with Gasteiger partial charge in [-0.25, -0.2) is 4.98 Å². The Morgan fingerprint density at radius 3 is 2.42 bits per heavy atom. The zero-order valence-electron chi connectivity index (χ0n) is 11.0. The molecule has 0 saturated carbocycles. The molecule has 0 unspecified atom stereocenters. The fraction of sp³-hybridized carbons (Fsp3) is 0.286. The molecule has 0 aliphatic rings. The number of nitrogens with zero attached hydrogens (tertiary/aromatic N) is 1. The SMILES string of the molecule is Cc1cc(C)cc(OCc2nc(C)c(C(=O)[O-])s2)c1. The lowest BCUT2D eigenvalue weighted by Crippen LogP contribution is -2.21. The van der Waals surface area contributed by atoms with Crippen LogP contribution in [0.5, 0.6) is 5.75 Å². The first-order valence-corrected chi connectivity index (χ1v) is 6.66. The summed E-state index contributed by atoms with van der Waals surface area (Å²) in [6, 6.07) is 5.94. The van der Waals surface area contributed by atoms with Crippen molar-refractivity contribution in [1.29, 1.82) is 0 Å². The van der Waals surface area contributed by atoms with Crippen LogP contribution in [0.2, 0.25) is 0 Å². The van der Waals surface area contributed by atoms with E-state index in [4.69, 9.17) is 4.74 Å². The summed E-state index contributed by atoms with van der Waals surface area (Å²) < 4.78 is 5.64. The fourth-order valence-electron chi connectivity index (χ4n) is 1.86. The summed E-state index contributed by atoms with van der Waals surface area (Å²) >= 11 is 1.10. The average molecular weight is 276 g/mol. The number of aromatic carboxylic acids is 1. The summed E-state index contributed by atoms with van der Waals surface area (Å²) in [5, 5.41) is 11.5. The standard InChI is InChI=1S/C14H15NO3S/c1-8-4-9(2)6-11(5-8)18-7-12-15-10(3)13(19-12)14(16)17/h4-6H,7H2,1-3H3,(H,16,17)/p-1. The number of carboxylic acids is 1. The lowest BCUT2D eigenvalue weighted by Gasteiger charge is -2.06. The van der Waals surface area contributed by atoms with E-state index >= 15 is 0 Å². The molecule has 2 aromatic rings. The van der Waals surface area contributed by atoms with Gasteiger partial charge in [-0.05, 0) is 44.0 Å². The van der Waals surface area contributed by atoms with Crippen LogP contribution in [0, 0.1) is 20.8 Å². The van der Waals surface area contributed by atoms with Gasteiger partial charge in [0.1, 0.15) is 17.4 Å². The van der Waals surface area contributed by atoms with Crippen molar-refractivity contribution in [1.82, 2.24) is 4.98 Å². The van der Waals surface area contributed by atoms with Crippen LogP contribution in [0.3, 0.4) is 0 Å². The zero-order chi connectivity index (χ0) is 14.0. The Morgan fingerprint density at radius 2 is 1.89 bits per heavy atom. The summed E-state index contributed by atoms with van der Waals surface area (Å²) in [5.74, 6) is -0.423. The molecule has 0 bridgehead atoms. The minimum atomic E-state index is -1.19. The van der Waals surface area contributed by atoms with Crippen molar-refractivity contribution in [2.75, 3.05) is 0 Å². The van der Waals surface area contributed by atoms with Gasteiger partial charge in [0, 0.05) is 0 Å². The average Bonchev–Trinajstić information content (AvgIpc) is 2.67. The molecule has 19 heavy (non-hydrogen) atoms. The molecule has 0 fully saturated rings. The van der Waals surface area contributed by atoms with E-state index in [0.29, 0.717) is 10.7 Å². The molecule has 100 valence electrons. The van der Waals surface area contributed by atoms with E-state index in [1.807, 2.05) is 26.0 Å². The summed E-state index contributed by atoms with van der Waals surface area (Å²) in [4.78, 5) is 15.1. The fourth-order valence-corrected chi connectivity index (χ4v) is 2.68. The summed E-state index contributed by atoms with van der Waals surface area (Å²) in [7, 11) is 0. The summed E-state index contributed by atoms with van der Waals surface area (Å²) in [5.41, 5.74) is 2.73. The smallest absolute Gasteiger partial charge is 0.140 e. The van der Waals surface area contributed by atoms with Crippen molar-refractivity contribution in [3.8, 4) is 5.75 Å². The predicted octanol–water partition coefficient (Wildman–Crippen LogP) is 2.01. The number of carbonyl (C=O) groups excluding carboxylic acids is 1. The molecule has 0 saturated heterocycles. The van der Waals surface area contributed by atoms with Gasteiger partial charge in [0.2, 0.25) is 0 Å². The van der Waals surface area contributed by atoms with Crippen LogP contribution in [-0.2, 0) is 6.61 Å². The van der Waals surface area contributed by atoms with E-state index in [0.717, 1.165) is 28.2 Å². The Labute approximate surface area is 115 Å². The van der Waals surface area contributed by atoms with Crippen LogP contribution in [0.1, 0.15) is 31.5 Å². The zero-order valence-corrected chi connectivity index (χ0v) is 11.8. The number of carboxylic acid groups (broad SMARTS) is 1. The molecular formula is C14H14NO3S-. The van der Waals surface area contributed by atoms with E-state index in [2.05, 4.69) is 11.1 Å². The van der Waals surface area contributed by atoms with Gasteiger partial charge in [-0.3, -0.25) is 0 Å². The van der Waals surface area contributed by atoms with Crippen molar-refractivity contribution in [3.63, 3.8) is 0 Å². The highest BCUT2D eigenvalue weighted by atomic mass is 32.1. The van der Waals surface area contributed by atoms with Crippen LogP contribution in [0.4, 0.5) is 0 Å². The Balaban J connectivity index is 2.10. The topological polar surface area (TPSA) is 62.2 Å². The van der Waals surface area contributed by atoms with Crippen molar-refractivity contribution in [2.45, 2.75) is 27.4 Å². The lowest BCUT2D eigenvalue weighted by atomic mass is 10.1. The molecule has 0 N–H and O–H groups in total. The lowest BCUT2D eigenvalue weighted by molar-refractivity contribution is -0.254. The first-order valence-electron chi connectivity index (χ1n) is 5.84. The van der Waals surface area contributed by atoms with E-state index in [1.165, 1.54) is 0 Å². The third-order valence-electron chi connectivity index (χ3n) is 2.58. The van der Waals surface area contributed by atoms with Crippen LogP contribution in [0.15, 0.2) is 18.2 Å². The molecule has 0 amide bonds. The highest BCUT2D eigenvalue weighted by Gasteiger charge is 2.09. The van der Waals surface area contributed by atoms with E-state index in [1.54, 1.807) is 6.92 Å². The maximum Gasteiger partial charge on any atom is 0.140 e. The largest absolute Gasteiger partial charge is 0.544 e. The van der Waals surface area contributed by atoms with Crippen molar-refractivity contribution < 1.29 is 14.6 Å². The number of ether oxygens (including phenoxy) is 1. The summed E-state index contributed by atoms with van der Waals surface area (Å²) in [6.45, 7) is 5.92. The van der Waals surface area contributed by atoms with E-state index in [-0.39, 0.29) is 11.5 Å². The van der Waals surface area contributed by atoms with Crippen LogP contribution in [-0.4, -0.2) is 11.0 Å². The second-order valence-electron chi connectivity index (χ2n) is 4.42. The number of rotatable bonds is 4. The third kappa shape index (κ3) is 3.32. The van der Waals surface area contributed by atoms with Crippen LogP contribution in [0.25, 0.3) is 0 Å². The first-order chi connectivity index (χ1) is 8.95. The van der Waals surface area contributed by atoms with Crippen molar-refractivity contribution in [3.05, 3.63) is 44.9 Å². The highest BCUT2D eigenvalue weighted by Crippen LogP contribution is 2.21. The quantitative estimate of drug-likeness (QED) is 0.857. The van der Waals surface area contributed by atoms with Crippen LogP contribution < -0.4 is 9.84 Å². The molecule has 0 aliphatic heterocycles. The molecule has 1 aromatic carbocycles. The monoisotopic (exact) mass is 276 g/mol. The van der Waals surface area contributed by atoms with Gasteiger partial charge in [0.15, 0.2) is 0 Å². The minimum Gasteiger partial charge on any atom is -0.544 e. The molecule has 0 radical (unpaired) electrons. The Kier molecular flexibility index (Phi) is 3.85. The molecule has 1 heterocycles. The second kappa shape index (κ2) is 5.40. The van der Waals surface area contributed by atoms with Crippen molar-refractivity contribution in [2.24, 2.45) is 0 Å². The maximum atomic E-state index is 10.8. The Morgan fingerprint density at radius 1 is 1.26 bits per heavy atom. The number of benzene rings is 1. The molecule has 2 rings (SSSR count). The molecule has 1 aromatic heterocycles. The van der Waals surface area contributed by atoms with Crippen LogP contribution >= 0.6 is 11.3 Å². The normalized spacial score (nSPS) is 10.5. The van der Waals surface area contributed by atoms with Gasteiger partial charge in [-0.1, -0.05) is 6.07 Å². The van der Waals surface area contributed by atoms with E-state index in [9.17, 15) is 9.90 Å². The van der Waals surface area contributed by atoms with Gasteiger partial charge in [-0.2, -0.15) is 0 Å². The summed E-state index contributed by atoms with van der Waals surface area (Å²) in [6.07, 6.45) is 0. The third-order valence-corrected chi connectivity index (χ3v) is 3.69. The number of hydrogen-bond acceptors (Lipinski definition) is 5. The number of aryl methyl sites for hydroxylation is 3. The van der Waals surface area contributed by atoms with E-state index < -0.39 is 5.97 Å². The number of thiazole rings is 1. The van der Waals surface area contributed by atoms with Gasteiger partial charge in [0.25, 0.3) is 0 Å². The van der Waals surface area contributed by atoms with Crippen molar-refractivity contribution >= 4 is 17.3 Å². The van der Waals surface area contributed by atoms with Gasteiger partial charge in [-0.15, -0.1) is 11.3 Å². The number of aromatic nitrogens is 1. The number of carbonyl (C=O) groups is 1.